The molecule has 1 aliphatic rings. The van der Waals surface area contributed by atoms with E-state index >= 15 is 0 Å². The largest absolute Gasteiger partial charge is 0.313 e. The lowest BCUT2D eigenvalue weighted by Gasteiger charge is -2.34. The molecule has 1 aromatic carbocycles. The molecule has 0 atom stereocenters. The van der Waals surface area contributed by atoms with Gasteiger partial charge in [0.1, 0.15) is 4.90 Å². The lowest BCUT2D eigenvalue weighted by Crippen LogP contribution is -2.41. The molecular formula is C14H20Cl2N2O2S. The van der Waals surface area contributed by atoms with E-state index in [2.05, 4.69) is 5.32 Å². The van der Waals surface area contributed by atoms with E-state index in [-0.39, 0.29) is 16.0 Å². The second-order valence-electron chi connectivity index (χ2n) is 5.26. The predicted molar refractivity (Wildman–Crippen MR) is 86.4 cm³/mol. The van der Waals surface area contributed by atoms with Gasteiger partial charge in [-0.15, -0.1) is 0 Å². The number of nitrogens with one attached hydrogen (secondary N) is 1. The van der Waals surface area contributed by atoms with Crippen LogP contribution < -0.4 is 5.32 Å². The number of benzene rings is 1. The Morgan fingerprint density at radius 3 is 2.52 bits per heavy atom. The zero-order valence-electron chi connectivity index (χ0n) is 12.2. The van der Waals surface area contributed by atoms with Crippen LogP contribution in [0, 0.1) is 0 Å². The molecule has 1 N–H and O–H groups in total. The van der Waals surface area contributed by atoms with Crippen molar-refractivity contribution in [1.29, 1.82) is 0 Å². The molecule has 0 bridgehead atoms. The number of sulfonamides is 1. The van der Waals surface area contributed by atoms with E-state index in [1.54, 1.807) is 13.1 Å². The summed E-state index contributed by atoms with van der Waals surface area (Å²) in [7, 11) is -2.00. The van der Waals surface area contributed by atoms with Gasteiger partial charge in [0.05, 0.1) is 5.02 Å². The summed E-state index contributed by atoms with van der Waals surface area (Å²) in [6, 6.07) is 3.21. The Kier molecular flexibility index (Phi) is 5.54. The van der Waals surface area contributed by atoms with E-state index < -0.39 is 10.0 Å². The van der Waals surface area contributed by atoms with Crippen LogP contribution in [0.25, 0.3) is 0 Å². The molecular weight excluding hydrogens is 331 g/mol. The van der Waals surface area contributed by atoms with Crippen molar-refractivity contribution in [3.63, 3.8) is 0 Å². The van der Waals surface area contributed by atoms with Gasteiger partial charge in [0.2, 0.25) is 10.0 Å². The van der Waals surface area contributed by atoms with Crippen molar-refractivity contribution < 1.29 is 8.42 Å². The molecule has 4 nitrogen and oxygen atoms in total. The van der Waals surface area contributed by atoms with Crippen molar-refractivity contribution in [3.8, 4) is 0 Å². The summed E-state index contributed by atoms with van der Waals surface area (Å²) in [4.78, 5) is 0.0963. The highest BCUT2D eigenvalue weighted by Crippen LogP contribution is 2.34. The molecule has 1 aromatic rings. The highest BCUT2D eigenvalue weighted by Gasteiger charge is 2.33. The summed E-state index contributed by atoms with van der Waals surface area (Å²) in [6.45, 7) is 3.24. The van der Waals surface area contributed by atoms with E-state index in [9.17, 15) is 8.42 Å². The average Bonchev–Trinajstić information content (AvgIpc) is 2.37. The average molecular weight is 351 g/mol. The van der Waals surface area contributed by atoms with Crippen LogP contribution >= 0.6 is 23.2 Å². The smallest absolute Gasteiger partial charge is 0.244 e. The fourth-order valence-corrected chi connectivity index (χ4v) is 4.62. The summed E-state index contributed by atoms with van der Waals surface area (Å²) < 4.78 is 26.9. The fraction of sp³-hybridized carbons (Fsp3) is 0.571. The van der Waals surface area contributed by atoms with Crippen molar-refractivity contribution in [2.75, 3.05) is 13.6 Å². The van der Waals surface area contributed by atoms with Crippen molar-refractivity contribution in [3.05, 3.63) is 27.7 Å². The van der Waals surface area contributed by atoms with Crippen LogP contribution in [0.5, 0.6) is 0 Å². The van der Waals surface area contributed by atoms with Crippen LogP contribution in [-0.4, -0.2) is 32.4 Å². The fourth-order valence-electron chi connectivity index (χ4n) is 2.30. The summed E-state index contributed by atoms with van der Waals surface area (Å²) >= 11 is 12.4. The first-order chi connectivity index (χ1) is 9.87. The summed E-state index contributed by atoms with van der Waals surface area (Å²) in [5, 5.41) is 3.77. The van der Waals surface area contributed by atoms with Gasteiger partial charge >= 0.3 is 0 Å². The maximum atomic E-state index is 12.7. The number of rotatable bonds is 6. The van der Waals surface area contributed by atoms with Crippen molar-refractivity contribution >= 4 is 33.2 Å². The second-order valence-corrected chi connectivity index (χ2v) is 8.04. The third-order valence-corrected chi connectivity index (χ3v) is 6.60. The van der Waals surface area contributed by atoms with E-state index in [1.807, 2.05) is 6.92 Å². The number of hydrogen-bond donors (Lipinski definition) is 1. The highest BCUT2D eigenvalue weighted by molar-refractivity contribution is 7.89. The lowest BCUT2D eigenvalue weighted by atomic mass is 9.94. The third kappa shape index (κ3) is 3.54. The van der Waals surface area contributed by atoms with E-state index in [0.29, 0.717) is 17.1 Å². The molecule has 0 aromatic heterocycles. The molecule has 0 unspecified atom stereocenters. The Hall–Kier alpha value is -0.330. The minimum Gasteiger partial charge on any atom is -0.313 e. The highest BCUT2D eigenvalue weighted by atomic mass is 35.5. The van der Waals surface area contributed by atoms with Crippen LogP contribution in [0.1, 0.15) is 31.7 Å². The molecule has 1 fully saturated rings. The molecule has 0 saturated heterocycles. The summed E-state index contributed by atoms with van der Waals surface area (Å²) in [6.07, 6.45) is 2.87. The Labute approximate surface area is 136 Å². The van der Waals surface area contributed by atoms with Gasteiger partial charge in [-0.25, -0.2) is 8.42 Å². The van der Waals surface area contributed by atoms with Gasteiger partial charge in [-0.2, -0.15) is 4.31 Å². The van der Waals surface area contributed by atoms with Crippen LogP contribution in [-0.2, 0) is 16.6 Å². The molecule has 7 heteroatoms. The molecule has 0 radical (unpaired) electrons. The Balaban J connectivity index is 2.39. The molecule has 21 heavy (non-hydrogen) atoms. The van der Waals surface area contributed by atoms with Gasteiger partial charge in [-0.3, -0.25) is 0 Å². The van der Waals surface area contributed by atoms with Gasteiger partial charge in [0.15, 0.2) is 0 Å². The zero-order valence-corrected chi connectivity index (χ0v) is 14.5. The first kappa shape index (κ1) is 17.0. The van der Waals surface area contributed by atoms with Crippen LogP contribution in [0.2, 0.25) is 10.0 Å². The molecule has 118 valence electrons. The van der Waals surface area contributed by atoms with Gasteiger partial charge < -0.3 is 5.32 Å². The van der Waals surface area contributed by atoms with Crippen LogP contribution in [0.15, 0.2) is 17.0 Å². The number of nitrogens with zero attached hydrogens (tertiary/aromatic N) is 1. The summed E-state index contributed by atoms with van der Waals surface area (Å²) in [5.74, 6) is 0. The van der Waals surface area contributed by atoms with E-state index in [0.717, 1.165) is 25.8 Å². The predicted octanol–water partition coefficient (Wildman–Crippen LogP) is 3.28. The molecule has 0 heterocycles. The van der Waals surface area contributed by atoms with Gasteiger partial charge in [-0.05, 0) is 37.1 Å². The van der Waals surface area contributed by atoms with Crippen molar-refractivity contribution in [2.24, 2.45) is 0 Å². The number of halogens is 2. The van der Waals surface area contributed by atoms with Crippen LogP contribution in [0.4, 0.5) is 0 Å². The molecule has 1 aliphatic carbocycles. The monoisotopic (exact) mass is 350 g/mol. The maximum absolute atomic E-state index is 12.7. The molecule has 0 spiro atoms. The molecule has 2 rings (SSSR count). The first-order valence-electron chi connectivity index (χ1n) is 7.04. The molecule has 0 amide bonds. The van der Waals surface area contributed by atoms with Crippen LogP contribution in [0.3, 0.4) is 0 Å². The Morgan fingerprint density at radius 2 is 2.00 bits per heavy atom. The quantitative estimate of drug-likeness (QED) is 0.856. The molecule has 1 saturated carbocycles. The standard InChI is InChI=1S/C14H20Cl2N2O2S/c1-3-17-9-10-7-11(15)8-13(14(10)16)21(19,20)18(2)12-5-4-6-12/h7-8,12,17H,3-6,9H2,1-2H3. The van der Waals surface area contributed by atoms with E-state index in [4.69, 9.17) is 23.2 Å². The minimum absolute atomic E-state index is 0.0715. The Morgan fingerprint density at radius 1 is 1.33 bits per heavy atom. The maximum Gasteiger partial charge on any atom is 0.244 e. The molecule has 0 aliphatic heterocycles. The first-order valence-corrected chi connectivity index (χ1v) is 9.24. The second kappa shape index (κ2) is 6.84. The lowest BCUT2D eigenvalue weighted by molar-refractivity contribution is 0.249. The topological polar surface area (TPSA) is 49.4 Å². The minimum atomic E-state index is -3.61. The van der Waals surface area contributed by atoms with Crippen molar-refractivity contribution in [1.82, 2.24) is 9.62 Å². The van der Waals surface area contributed by atoms with Gasteiger partial charge in [0, 0.05) is 24.7 Å². The normalized spacial score (nSPS) is 16.2. The summed E-state index contributed by atoms with van der Waals surface area (Å²) in [5.41, 5.74) is 0.701. The SMILES string of the molecule is CCNCc1cc(Cl)cc(S(=O)(=O)N(C)C2CCC2)c1Cl. The van der Waals surface area contributed by atoms with Gasteiger partial charge in [0.25, 0.3) is 0 Å². The zero-order chi connectivity index (χ0) is 15.6. The third-order valence-electron chi connectivity index (χ3n) is 3.89. The van der Waals surface area contributed by atoms with E-state index in [1.165, 1.54) is 10.4 Å². The van der Waals surface area contributed by atoms with Gasteiger partial charge in [-0.1, -0.05) is 36.5 Å². The van der Waals surface area contributed by atoms with Crippen molar-refractivity contribution in [2.45, 2.75) is 43.7 Å². The Bertz CT molecular complexity index is 616. The number of hydrogen-bond acceptors (Lipinski definition) is 3.